The maximum Gasteiger partial charge on any atom is 0.264 e. The van der Waals surface area contributed by atoms with Crippen LogP contribution in [0.15, 0.2) is 35.5 Å². The van der Waals surface area contributed by atoms with Crippen LogP contribution in [0.2, 0.25) is 0 Å². The molecule has 0 bridgehead atoms. The van der Waals surface area contributed by atoms with Gasteiger partial charge in [-0.15, -0.1) is 0 Å². The predicted molar refractivity (Wildman–Crippen MR) is 60.5 cm³/mol. The van der Waals surface area contributed by atoms with Gasteiger partial charge in [-0.05, 0) is 30.7 Å². The summed E-state index contributed by atoms with van der Waals surface area (Å²) in [4.78, 5) is 6.40. The van der Waals surface area contributed by atoms with Crippen molar-refractivity contribution in [2.75, 3.05) is 4.72 Å². The van der Waals surface area contributed by atoms with Gasteiger partial charge in [0.15, 0.2) is 0 Å². The van der Waals surface area contributed by atoms with Crippen molar-refractivity contribution in [2.45, 2.75) is 11.8 Å². The fourth-order valence-corrected chi connectivity index (χ4v) is 2.62. The van der Waals surface area contributed by atoms with Crippen LogP contribution in [-0.2, 0) is 10.0 Å². The molecule has 7 heteroatoms. The van der Waals surface area contributed by atoms with Crippen LogP contribution in [0.25, 0.3) is 0 Å². The fourth-order valence-electron chi connectivity index (χ4n) is 1.42. The van der Waals surface area contributed by atoms with Crippen molar-refractivity contribution in [1.29, 1.82) is 0 Å². The van der Waals surface area contributed by atoms with E-state index < -0.39 is 15.8 Å². The Balaban J connectivity index is 2.38. The van der Waals surface area contributed by atoms with E-state index in [2.05, 4.69) is 14.7 Å². The summed E-state index contributed by atoms with van der Waals surface area (Å²) >= 11 is 0. The lowest BCUT2D eigenvalue weighted by Gasteiger charge is -2.07. The van der Waals surface area contributed by atoms with Crippen molar-refractivity contribution in [3.63, 3.8) is 0 Å². The largest absolute Gasteiger partial charge is 0.330 e. The lowest BCUT2D eigenvalue weighted by atomic mass is 10.2. The summed E-state index contributed by atoms with van der Waals surface area (Å²) in [6, 6.07) is 3.48. The highest BCUT2D eigenvalue weighted by Crippen LogP contribution is 2.18. The first-order valence-corrected chi connectivity index (χ1v) is 6.26. The van der Waals surface area contributed by atoms with Gasteiger partial charge in [0, 0.05) is 12.4 Å². The van der Waals surface area contributed by atoms with Gasteiger partial charge in [-0.1, -0.05) is 0 Å². The predicted octanol–water partition coefficient (Wildman–Crippen LogP) is 1.66. The van der Waals surface area contributed by atoms with Crippen LogP contribution < -0.4 is 4.72 Å². The number of H-pyrrole nitrogens is 1. The van der Waals surface area contributed by atoms with E-state index in [1.165, 1.54) is 25.4 Å². The third-order valence-electron chi connectivity index (χ3n) is 2.16. The quantitative estimate of drug-likeness (QED) is 0.875. The number of aryl methyl sites for hydroxylation is 1. The van der Waals surface area contributed by atoms with Crippen molar-refractivity contribution in [3.05, 3.63) is 42.0 Å². The third kappa shape index (κ3) is 2.44. The minimum absolute atomic E-state index is 0.0234. The van der Waals surface area contributed by atoms with Gasteiger partial charge in [-0.2, -0.15) is 0 Å². The van der Waals surface area contributed by atoms with Crippen LogP contribution in [0.5, 0.6) is 0 Å². The molecule has 2 rings (SSSR count). The van der Waals surface area contributed by atoms with Gasteiger partial charge in [0.05, 0.1) is 4.90 Å². The number of halogens is 1. The number of hydrogen-bond donors (Lipinski definition) is 2. The standard InChI is InChI=1S/C10H10FN3O2S/c1-7-6-8(11)2-3-9(7)17(15,16)14-10-12-4-5-13-10/h2-6H,1H3,(H2,12,13,14). The average molecular weight is 255 g/mol. The minimum Gasteiger partial charge on any atom is -0.330 e. The molecule has 5 nitrogen and oxygen atoms in total. The monoisotopic (exact) mass is 255 g/mol. The number of nitrogens with one attached hydrogen (secondary N) is 2. The molecular formula is C10H10FN3O2S. The van der Waals surface area contributed by atoms with Crippen LogP contribution in [0.1, 0.15) is 5.56 Å². The number of rotatable bonds is 3. The molecule has 1 heterocycles. The van der Waals surface area contributed by atoms with Crippen molar-refractivity contribution >= 4 is 16.0 Å². The van der Waals surface area contributed by atoms with E-state index in [0.29, 0.717) is 5.56 Å². The topological polar surface area (TPSA) is 74.8 Å². The van der Waals surface area contributed by atoms with Gasteiger partial charge < -0.3 is 4.98 Å². The molecule has 0 saturated heterocycles. The second-order valence-electron chi connectivity index (χ2n) is 3.45. The minimum atomic E-state index is -3.74. The highest BCUT2D eigenvalue weighted by atomic mass is 32.2. The molecule has 90 valence electrons. The first-order chi connectivity index (χ1) is 7.99. The highest BCUT2D eigenvalue weighted by molar-refractivity contribution is 7.92. The summed E-state index contributed by atoms with van der Waals surface area (Å²) in [5.74, 6) is -0.354. The molecule has 0 amide bonds. The summed E-state index contributed by atoms with van der Waals surface area (Å²) in [6.07, 6.45) is 2.92. The molecule has 2 N–H and O–H groups in total. The van der Waals surface area contributed by atoms with Gasteiger partial charge in [0.1, 0.15) is 5.82 Å². The van der Waals surface area contributed by atoms with Crippen LogP contribution >= 0.6 is 0 Å². The maximum absolute atomic E-state index is 12.9. The van der Waals surface area contributed by atoms with Gasteiger partial charge in [-0.25, -0.2) is 22.5 Å². The molecule has 0 aliphatic rings. The molecule has 0 unspecified atom stereocenters. The number of aromatic nitrogens is 2. The van der Waals surface area contributed by atoms with Crippen LogP contribution in [-0.4, -0.2) is 18.4 Å². The first kappa shape index (κ1) is 11.6. The lowest BCUT2D eigenvalue weighted by molar-refractivity contribution is 0.598. The van der Waals surface area contributed by atoms with E-state index >= 15 is 0 Å². The van der Waals surface area contributed by atoms with E-state index in [1.807, 2.05) is 0 Å². The summed E-state index contributed by atoms with van der Waals surface area (Å²) in [5, 5.41) is 0. The number of nitrogens with zero attached hydrogens (tertiary/aromatic N) is 1. The van der Waals surface area contributed by atoms with E-state index in [1.54, 1.807) is 0 Å². The van der Waals surface area contributed by atoms with E-state index in [0.717, 1.165) is 12.1 Å². The number of aromatic amines is 1. The van der Waals surface area contributed by atoms with Crippen molar-refractivity contribution in [2.24, 2.45) is 0 Å². The Morgan fingerprint density at radius 3 is 2.76 bits per heavy atom. The Morgan fingerprint density at radius 2 is 2.18 bits per heavy atom. The molecule has 2 aromatic rings. The van der Waals surface area contributed by atoms with Crippen molar-refractivity contribution < 1.29 is 12.8 Å². The Morgan fingerprint density at radius 1 is 1.41 bits per heavy atom. The highest BCUT2D eigenvalue weighted by Gasteiger charge is 2.17. The van der Waals surface area contributed by atoms with E-state index in [4.69, 9.17) is 0 Å². The lowest BCUT2D eigenvalue weighted by Crippen LogP contribution is -2.15. The molecule has 0 spiro atoms. The summed E-state index contributed by atoms with van der Waals surface area (Å²) in [7, 11) is -3.74. The molecule has 0 radical (unpaired) electrons. The summed E-state index contributed by atoms with van der Waals surface area (Å²) in [6.45, 7) is 1.53. The van der Waals surface area contributed by atoms with Gasteiger partial charge in [0.25, 0.3) is 10.0 Å². The van der Waals surface area contributed by atoms with Crippen LogP contribution in [0.3, 0.4) is 0 Å². The zero-order chi connectivity index (χ0) is 12.5. The number of anilines is 1. The molecule has 0 atom stereocenters. The third-order valence-corrected chi connectivity index (χ3v) is 3.65. The molecule has 1 aromatic heterocycles. The van der Waals surface area contributed by atoms with E-state index in [9.17, 15) is 12.8 Å². The number of benzene rings is 1. The maximum atomic E-state index is 12.9. The second-order valence-corrected chi connectivity index (χ2v) is 5.10. The van der Waals surface area contributed by atoms with E-state index in [-0.39, 0.29) is 10.8 Å². The molecule has 1 aromatic carbocycles. The Kier molecular flexibility index (Phi) is 2.84. The van der Waals surface area contributed by atoms with Gasteiger partial charge in [0.2, 0.25) is 5.95 Å². The van der Waals surface area contributed by atoms with Gasteiger partial charge >= 0.3 is 0 Å². The molecule has 0 saturated carbocycles. The molecular weight excluding hydrogens is 245 g/mol. The van der Waals surface area contributed by atoms with Crippen LogP contribution in [0, 0.1) is 12.7 Å². The number of sulfonamides is 1. The Hall–Kier alpha value is -1.89. The normalized spacial score (nSPS) is 11.4. The molecule has 0 fully saturated rings. The van der Waals surface area contributed by atoms with Gasteiger partial charge in [-0.3, -0.25) is 0 Å². The first-order valence-electron chi connectivity index (χ1n) is 4.77. The van der Waals surface area contributed by atoms with Crippen molar-refractivity contribution in [1.82, 2.24) is 9.97 Å². The average Bonchev–Trinajstić information content (AvgIpc) is 2.68. The molecule has 0 aliphatic heterocycles. The Bertz CT molecular complexity index is 623. The smallest absolute Gasteiger partial charge is 0.264 e. The SMILES string of the molecule is Cc1cc(F)ccc1S(=O)(=O)Nc1ncc[nH]1. The van der Waals surface area contributed by atoms with Crippen molar-refractivity contribution in [3.8, 4) is 0 Å². The second kappa shape index (κ2) is 4.17. The molecule has 17 heavy (non-hydrogen) atoms. The molecule has 0 aliphatic carbocycles. The summed E-state index contributed by atoms with van der Waals surface area (Å²) in [5.41, 5.74) is 0.337. The summed E-state index contributed by atoms with van der Waals surface area (Å²) < 4.78 is 39.0. The number of imidazole rings is 1. The Labute approximate surface area is 97.8 Å². The zero-order valence-electron chi connectivity index (χ0n) is 8.94. The zero-order valence-corrected chi connectivity index (χ0v) is 9.75. The fraction of sp³-hybridized carbons (Fsp3) is 0.100. The van der Waals surface area contributed by atoms with Crippen LogP contribution in [0.4, 0.5) is 10.3 Å². The number of hydrogen-bond acceptors (Lipinski definition) is 3.